The van der Waals surface area contributed by atoms with Crippen molar-refractivity contribution >= 4 is 19.6 Å². The number of hydrogen-bond donors (Lipinski definition) is 2. The second-order valence-corrected chi connectivity index (χ2v) is 6.52. The lowest BCUT2D eigenvalue weighted by Crippen LogP contribution is -2.59. The van der Waals surface area contributed by atoms with E-state index in [-0.39, 0.29) is 5.41 Å². The van der Waals surface area contributed by atoms with Gasteiger partial charge in [-0.3, -0.25) is 4.79 Å². The van der Waals surface area contributed by atoms with E-state index in [1.165, 1.54) is 26.7 Å². The Labute approximate surface area is 108 Å². The summed E-state index contributed by atoms with van der Waals surface area (Å²) in [5.74, 6) is 1.35. The van der Waals surface area contributed by atoms with Gasteiger partial charge in [0.15, 0.2) is 0 Å². The summed E-state index contributed by atoms with van der Waals surface area (Å²) in [5.41, 5.74) is -0.111. The molecule has 0 spiro atoms. The summed E-state index contributed by atoms with van der Waals surface area (Å²) in [6.07, 6.45) is 7.59. The fourth-order valence-corrected chi connectivity index (χ4v) is 5.18. The lowest BCUT2D eigenvalue weighted by molar-refractivity contribution is -0.150. The van der Waals surface area contributed by atoms with Crippen LogP contribution in [0.5, 0.6) is 0 Å². The van der Waals surface area contributed by atoms with Gasteiger partial charge in [0.25, 0.3) is 7.41 Å². The molecule has 0 aromatic carbocycles. The van der Waals surface area contributed by atoms with Crippen molar-refractivity contribution in [2.24, 2.45) is 23.2 Å². The fraction of sp³-hybridized carbons (Fsp3) is 0.846. The van der Waals surface area contributed by atoms with Crippen LogP contribution in [-0.4, -0.2) is 30.7 Å². The van der Waals surface area contributed by atoms with Crippen LogP contribution < -0.4 is 5.23 Å². The van der Waals surface area contributed by atoms with Crippen LogP contribution in [0.3, 0.4) is 0 Å². The number of hydrogen-bond acceptors (Lipinski definition) is 3. The normalized spacial score (nSPS) is 42.6. The van der Waals surface area contributed by atoms with E-state index >= 15 is 0 Å². The third kappa shape index (κ3) is 1.89. The molecule has 4 aliphatic rings. The van der Waals surface area contributed by atoms with Gasteiger partial charge in [-0.05, 0) is 61.7 Å². The lowest BCUT2D eigenvalue weighted by Gasteiger charge is -2.58. The SMILES string of the molecule is O=C[B]N[C@H](C(=O)O)C12CC3CC(CC(C3)C1)C2. The van der Waals surface area contributed by atoms with E-state index in [0.717, 1.165) is 37.0 Å². The van der Waals surface area contributed by atoms with Crippen molar-refractivity contribution in [1.29, 1.82) is 0 Å². The number of carbonyl (C=O) groups excluding carboxylic acids is 1. The molecule has 0 saturated heterocycles. The van der Waals surface area contributed by atoms with Gasteiger partial charge in [0.2, 0.25) is 0 Å². The van der Waals surface area contributed by atoms with Crippen LogP contribution in [-0.2, 0) is 9.59 Å². The number of rotatable bonds is 5. The Hall–Kier alpha value is -0.835. The molecule has 4 bridgehead atoms. The number of nitrogens with one attached hydrogen (secondary N) is 1. The highest BCUT2D eigenvalue weighted by Gasteiger charge is 2.55. The standard InChI is InChI=1S/C13H19BNO3/c16-7-14-15-11(12(17)18)13-4-8-1-9(5-13)3-10(2-8)6-13/h7-11,15H,1-6H2,(H,17,18)/t8?,9?,10?,11-,13?/m1/s1. The predicted octanol–water partition coefficient (Wildman–Crippen LogP) is 1.05. The van der Waals surface area contributed by atoms with Gasteiger partial charge in [-0.1, -0.05) is 0 Å². The van der Waals surface area contributed by atoms with Crippen molar-refractivity contribution in [2.75, 3.05) is 0 Å². The number of aliphatic carboxylic acids is 1. The molecule has 4 fully saturated rings. The van der Waals surface area contributed by atoms with Gasteiger partial charge in [0, 0.05) is 0 Å². The van der Waals surface area contributed by atoms with E-state index < -0.39 is 12.0 Å². The van der Waals surface area contributed by atoms with Gasteiger partial charge in [0.1, 0.15) is 6.04 Å². The Morgan fingerprint density at radius 1 is 1.22 bits per heavy atom. The highest BCUT2D eigenvalue weighted by molar-refractivity contribution is 6.64. The van der Waals surface area contributed by atoms with Crippen LogP contribution >= 0.6 is 0 Å². The third-order valence-electron chi connectivity index (χ3n) is 5.28. The minimum absolute atomic E-state index is 0.111. The van der Waals surface area contributed by atoms with Crippen LogP contribution in [0.25, 0.3) is 0 Å². The van der Waals surface area contributed by atoms with Crippen LogP contribution in [0.4, 0.5) is 0 Å². The Balaban J connectivity index is 1.83. The molecule has 4 rings (SSSR count). The number of carbonyl (C=O) groups is 2. The molecule has 4 saturated carbocycles. The van der Waals surface area contributed by atoms with Crippen molar-refractivity contribution < 1.29 is 14.7 Å². The molecule has 0 amide bonds. The topological polar surface area (TPSA) is 66.4 Å². The molecule has 4 nitrogen and oxygen atoms in total. The zero-order chi connectivity index (χ0) is 12.8. The Morgan fingerprint density at radius 2 is 1.72 bits per heavy atom. The van der Waals surface area contributed by atoms with Gasteiger partial charge in [0.05, 0.1) is 6.19 Å². The Kier molecular flexibility index (Phi) is 2.97. The van der Waals surface area contributed by atoms with Gasteiger partial charge in [-0.15, -0.1) is 0 Å². The maximum Gasteiger partial charge on any atom is 0.320 e. The first-order valence-corrected chi connectivity index (χ1v) is 6.89. The van der Waals surface area contributed by atoms with Gasteiger partial charge < -0.3 is 15.1 Å². The largest absolute Gasteiger partial charge is 0.480 e. The smallest absolute Gasteiger partial charge is 0.320 e. The molecule has 0 unspecified atom stereocenters. The molecule has 97 valence electrons. The highest BCUT2D eigenvalue weighted by Crippen LogP contribution is 2.61. The minimum atomic E-state index is -0.810. The molecular formula is C13H19BNO3. The van der Waals surface area contributed by atoms with Crippen molar-refractivity contribution in [3.8, 4) is 0 Å². The Bertz CT molecular complexity index is 336. The zero-order valence-electron chi connectivity index (χ0n) is 10.5. The average molecular weight is 248 g/mol. The quantitative estimate of drug-likeness (QED) is 0.563. The summed E-state index contributed by atoms with van der Waals surface area (Å²) in [7, 11) is 1.25. The van der Waals surface area contributed by atoms with Crippen LogP contribution in [0.1, 0.15) is 38.5 Å². The molecule has 5 heteroatoms. The summed E-state index contributed by atoms with van der Waals surface area (Å²) in [4.78, 5) is 22.0. The van der Waals surface area contributed by atoms with Crippen LogP contribution in [0, 0.1) is 23.2 Å². The zero-order valence-corrected chi connectivity index (χ0v) is 10.5. The molecule has 0 aliphatic heterocycles. The second kappa shape index (κ2) is 4.37. The first-order chi connectivity index (χ1) is 8.63. The average Bonchev–Trinajstić information content (AvgIpc) is 2.26. The van der Waals surface area contributed by atoms with Crippen molar-refractivity contribution in [3.63, 3.8) is 0 Å². The van der Waals surface area contributed by atoms with E-state index in [4.69, 9.17) is 0 Å². The first-order valence-electron chi connectivity index (χ1n) is 6.89. The molecule has 1 atom stereocenters. The summed E-state index contributed by atoms with van der Waals surface area (Å²) in [6.45, 7) is 0. The van der Waals surface area contributed by atoms with Crippen LogP contribution in [0.15, 0.2) is 0 Å². The van der Waals surface area contributed by atoms with Gasteiger partial charge in [-0.25, -0.2) is 0 Å². The summed E-state index contributed by atoms with van der Waals surface area (Å²) in [6, 6.07) is -0.587. The number of carboxylic acid groups (broad SMARTS) is 1. The maximum atomic E-state index is 11.5. The molecule has 4 aliphatic carbocycles. The van der Waals surface area contributed by atoms with Crippen molar-refractivity contribution in [1.82, 2.24) is 5.23 Å². The molecule has 0 heterocycles. The highest BCUT2D eigenvalue weighted by atomic mass is 16.4. The predicted molar refractivity (Wildman–Crippen MR) is 67.7 cm³/mol. The molecule has 0 aromatic heterocycles. The lowest BCUT2D eigenvalue weighted by atomic mass is 9.47. The van der Waals surface area contributed by atoms with Gasteiger partial charge >= 0.3 is 5.97 Å². The van der Waals surface area contributed by atoms with E-state index in [1.807, 2.05) is 0 Å². The van der Waals surface area contributed by atoms with Gasteiger partial charge in [-0.2, -0.15) is 0 Å². The monoisotopic (exact) mass is 248 g/mol. The van der Waals surface area contributed by atoms with E-state index in [1.54, 1.807) is 0 Å². The fourth-order valence-electron chi connectivity index (χ4n) is 5.18. The maximum absolute atomic E-state index is 11.5. The molecular weight excluding hydrogens is 229 g/mol. The minimum Gasteiger partial charge on any atom is -0.480 e. The molecule has 2 N–H and O–H groups in total. The second-order valence-electron chi connectivity index (χ2n) is 6.52. The summed E-state index contributed by atoms with van der Waals surface area (Å²) in [5, 5.41) is 12.3. The van der Waals surface area contributed by atoms with E-state index in [2.05, 4.69) is 5.23 Å². The van der Waals surface area contributed by atoms with Crippen molar-refractivity contribution in [2.45, 2.75) is 44.6 Å². The third-order valence-corrected chi connectivity index (χ3v) is 5.28. The Morgan fingerprint density at radius 3 is 2.11 bits per heavy atom. The first kappa shape index (κ1) is 12.2. The number of carboxylic acids is 1. The summed E-state index contributed by atoms with van der Waals surface area (Å²) >= 11 is 0. The summed E-state index contributed by atoms with van der Waals surface area (Å²) < 4.78 is 0. The van der Waals surface area contributed by atoms with Crippen LogP contribution in [0.2, 0.25) is 0 Å². The molecule has 0 aromatic rings. The molecule has 18 heavy (non-hydrogen) atoms. The van der Waals surface area contributed by atoms with E-state index in [9.17, 15) is 14.7 Å². The van der Waals surface area contributed by atoms with Crippen molar-refractivity contribution in [3.05, 3.63) is 0 Å². The molecule has 1 radical (unpaired) electrons. The van der Waals surface area contributed by atoms with E-state index in [0.29, 0.717) is 6.19 Å².